The highest BCUT2D eigenvalue weighted by Gasteiger charge is 2.28. The third-order valence-electron chi connectivity index (χ3n) is 18.8. The molecule has 0 saturated carbocycles. The fourth-order valence-electron chi connectivity index (χ4n) is 14.4. The lowest BCUT2D eigenvalue weighted by molar-refractivity contribution is 0.426. The highest BCUT2D eigenvalue weighted by Crippen LogP contribution is 2.53. The molecule has 474 valence electrons. The molecular formula is C86H51BBr2N10O2. The molecule has 6 aromatic heterocycles. The van der Waals surface area contributed by atoms with Gasteiger partial charge in [-0.3, -0.25) is 19.9 Å². The Kier molecular flexibility index (Phi) is 15.5. The maximum Gasteiger partial charge on any atom is 0.489 e. The fourth-order valence-corrected chi connectivity index (χ4v) is 15.7. The normalized spacial score (nSPS) is 11.6. The second-order valence-electron chi connectivity index (χ2n) is 24.8. The van der Waals surface area contributed by atoms with Crippen LogP contribution >= 0.6 is 31.9 Å². The Morgan fingerprint density at radius 3 is 0.842 bits per heavy atom. The Morgan fingerprint density at radius 1 is 0.228 bits per heavy atom. The molecule has 0 amide bonds. The second-order valence-corrected chi connectivity index (χ2v) is 26.6. The second kappa shape index (κ2) is 25.6. The van der Waals surface area contributed by atoms with Crippen molar-refractivity contribution in [3.8, 4) is 157 Å². The van der Waals surface area contributed by atoms with Gasteiger partial charge in [0.05, 0.1) is 0 Å². The van der Waals surface area contributed by atoms with Gasteiger partial charge in [-0.15, -0.1) is 0 Å². The minimum atomic E-state index is -1.44. The molecule has 3 aliphatic rings. The molecule has 17 aromatic rings. The number of benzene rings is 11. The molecule has 0 spiro atoms. The van der Waals surface area contributed by atoms with Crippen molar-refractivity contribution in [1.29, 1.82) is 0 Å². The topological polar surface area (TPSA) is 169 Å². The Bertz CT molecular complexity index is 5800. The monoisotopic (exact) mass is 1420 g/mol. The molecule has 3 aliphatic carbocycles. The molecule has 0 radical (unpaired) electrons. The first-order valence-electron chi connectivity index (χ1n) is 32.8. The lowest BCUT2D eigenvalue weighted by Gasteiger charge is -2.16. The molecule has 0 aliphatic heterocycles. The first-order chi connectivity index (χ1) is 49.7. The van der Waals surface area contributed by atoms with E-state index in [0.29, 0.717) is 40.4 Å². The van der Waals surface area contributed by atoms with Crippen LogP contribution in [0.25, 0.3) is 190 Å². The third-order valence-corrected chi connectivity index (χ3v) is 19.8. The third kappa shape index (κ3) is 11.0. The molecule has 0 fully saturated rings. The van der Waals surface area contributed by atoms with Gasteiger partial charge in [0, 0.05) is 91.9 Å². The highest BCUT2D eigenvalue weighted by atomic mass is 79.9. The van der Waals surface area contributed by atoms with Crippen molar-refractivity contribution < 1.29 is 10.0 Å². The fraction of sp³-hybridized carbons (Fsp3) is 0. The summed E-state index contributed by atoms with van der Waals surface area (Å²) >= 11 is 7.03. The van der Waals surface area contributed by atoms with Crippen molar-refractivity contribution >= 4 is 76.8 Å². The van der Waals surface area contributed by atoms with E-state index in [4.69, 9.17) is 15.0 Å². The number of aromatic nitrogens is 10. The largest absolute Gasteiger partial charge is 0.489 e. The van der Waals surface area contributed by atoms with Gasteiger partial charge in [0.1, 0.15) is 0 Å². The standard InChI is InChI=1S/C51H29N5.C19H11Br2N5.C16H11BO2/c1-3-13-39-37(11-1)43-17-5-15-41-35(19-21-45(39)47(41)43)32-25-33(36-20-22-46-40-14-4-2-12-38(40)44-18-6-16-42(36)48(44)46)27-34(26-32)51-55-49(30-9-7-23-52-28-30)54-50(56-51)31-10-8-24-53-29-31;20-15-7-14(8-16(21)9-15)19-25-17(12-3-1-5-22-10-12)24-18(26-19)13-4-2-6-23-11-13;18-17(19)15-9-8-13-11-5-2-1-4-10(11)12-6-3-7-14(15)16(12)13/h1-29H;1-11H;1-9,18-19H. The Hall–Kier alpha value is -12.2. The molecule has 6 heterocycles. The summed E-state index contributed by atoms with van der Waals surface area (Å²) in [6.07, 6.45) is 14.0. The molecule has 0 saturated heterocycles. The summed E-state index contributed by atoms with van der Waals surface area (Å²) in [7, 11) is -1.44. The number of pyridine rings is 4. The van der Waals surface area contributed by atoms with E-state index in [0.717, 1.165) is 75.4 Å². The number of hydrogen-bond donors (Lipinski definition) is 2. The smallest absolute Gasteiger partial charge is 0.423 e. The van der Waals surface area contributed by atoms with Crippen LogP contribution in [0.3, 0.4) is 0 Å². The molecule has 0 bridgehead atoms. The van der Waals surface area contributed by atoms with Crippen LogP contribution in [-0.2, 0) is 0 Å². The zero-order valence-corrected chi connectivity index (χ0v) is 56.7. The van der Waals surface area contributed by atoms with Crippen LogP contribution in [0.5, 0.6) is 0 Å². The van der Waals surface area contributed by atoms with E-state index < -0.39 is 7.12 Å². The van der Waals surface area contributed by atoms with Crippen LogP contribution in [0, 0.1) is 0 Å². The van der Waals surface area contributed by atoms with Crippen molar-refractivity contribution in [3.63, 3.8) is 0 Å². The molecule has 12 nitrogen and oxygen atoms in total. The number of hydrogen-bond acceptors (Lipinski definition) is 12. The number of rotatable bonds is 9. The molecule has 11 aromatic carbocycles. The van der Waals surface area contributed by atoms with E-state index >= 15 is 0 Å². The van der Waals surface area contributed by atoms with Crippen molar-refractivity contribution in [3.05, 3.63) is 307 Å². The summed E-state index contributed by atoms with van der Waals surface area (Å²) in [5.74, 6) is 3.41. The first-order valence-corrected chi connectivity index (χ1v) is 34.4. The summed E-state index contributed by atoms with van der Waals surface area (Å²) in [6, 6.07) is 86.1. The van der Waals surface area contributed by atoms with Crippen molar-refractivity contribution in [2.24, 2.45) is 0 Å². The summed E-state index contributed by atoms with van der Waals surface area (Å²) in [6.45, 7) is 0. The van der Waals surface area contributed by atoms with Gasteiger partial charge >= 0.3 is 7.12 Å². The molecule has 101 heavy (non-hydrogen) atoms. The Balaban J connectivity index is 0.000000133. The van der Waals surface area contributed by atoms with Crippen LogP contribution in [0.15, 0.2) is 307 Å². The molecular weight excluding hydrogens is 1380 g/mol. The minimum absolute atomic E-state index is 0.556. The predicted molar refractivity (Wildman–Crippen MR) is 412 cm³/mol. The predicted octanol–water partition coefficient (Wildman–Crippen LogP) is 20.0. The first kappa shape index (κ1) is 61.1. The number of fused-ring (bicyclic) bond motifs is 9. The van der Waals surface area contributed by atoms with Gasteiger partial charge < -0.3 is 10.0 Å². The Labute approximate surface area is 597 Å². The van der Waals surface area contributed by atoms with E-state index in [9.17, 15) is 10.0 Å². The van der Waals surface area contributed by atoms with Crippen LogP contribution in [0.2, 0.25) is 0 Å². The Morgan fingerprint density at radius 2 is 0.505 bits per heavy atom. The summed E-state index contributed by atoms with van der Waals surface area (Å²) in [4.78, 5) is 46.3. The van der Waals surface area contributed by atoms with Gasteiger partial charge in [-0.2, -0.15) is 0 Å². The zero-order valence-electron chi connectivity index (χ0n) is 53.5. The lowest BCUT2D eigenvalue weighted by atomic mass is 9.76. The van der Waals surface area contributed by atoms with Crippen LogP contribution in [-0.4, -0.2) is 67.0 Å². The van der Waals surface area contributed by atoms with Crippen molar-refractivity contribution in [2.45, 2.75) is 0 Å². The maximum atomic E-state index is 9.50. The lowest BCUT2D eigenvalue weighted by Crippen LogP contribution is -2.30. The summed E-state index contributed by atoms with van der Waals surface area (Å²) in [5, 5.41) is 26.1. The maximum absolute atomic E-state index is 9.50. The molecule has 0 unspecified atom stereocenters. The van der Waals surface area contributed by atoms with E-state index in [1.807, 2.05) is 97.1 Å². The van der Waals surface area contributed by atoms with E-state index in [1.54, 1.807) is 55.6 Å². The van der Waals surface area contributed by atoms with Crippen molar-refractivity contribution in [1.82, 2.24) is 49.8 Å². The van der Waals surface area contributed by atoms with E-state index in [1.165, 1.54) is 88.3 Å². The zero-order chi connectivity index (χ0) is 67.7. The average Bonchev–Trinajstić information content (AvgIpc) is 1.61. The van der Waals surface area contributed by atoms with Crippen LogP contribution in [0.4, 0.5) is 0 Å². The SMILES string of the molecule is Brc1cc(Br)cc(-c2nc(-c3cccnc3)nc(-c3cccnc3)n2)c1.OB(O)c1ccc2c3c(cccc13)-c1ccccc1-2.c1cncc(-c2nc(-c3cccnc3)nc(-c3cc(-c4ccc5c6c(cccc46)-c4ccccc4-5)cc(-c4ccc5c6c(cccc46)-c4ccccc4-5)c3)n2)c1. The minimum Gasteiger partial charge on any atom is -0.423 e. The highest BCUT2D eigenvalue weighted by molar-refractivity contribution is 9.11. The van der Waals surface area contributed by atoms with Gasteiger partial charge in [-0.25, -0.2) is 29.9 Å². The summed E-state index contributed by atoms with van der Waals surface area (Å²) < 4.78 is 1.88. The quantitative estimate of drug-likeness (QED) is 0.131. The molecule has 2 N–H and O–H groups in total. The summed E-state index contributed by atoms with van der Waals surface area (Å²) in [5.41, 5.74) is 25.1. The van der Waals surface area contributed by atoms with E-state index in [2.05, 4.69) is 212 Å². The number of halogens is 2. The number of nitrogens with zero attached hydrogens (tertiary/aromatic N) is 10. The molecule has 15 heteroatoms. The molecule has 0 atom stereocenters. The van der Waals surface area contributed by atoms with Gasteiger partial charge in [-0.05, 0) is 212 Å². The van der Waals surface area contributed by atoms with Gasteiger partial charge in [-0.1, -0.05) is 196 Å². The average molecular weight is 1430 g/mol. The van der Waals surface area contributed by atoms with Gasteiger partial charge in [0.25, 0.3) is 0 Å². The van der Waals surface area contributed by atoms with Gasteiger partial charge in [0.2, 0.25) is 0 Å². The molecule has 20 rings (SSSR count). The van der Waals surface area contributed by atoms with Crippen LogP contribution in [0.1, 0.15) is 0 Å². The van der Waals surface area contributed by atoms with Gasteiger partial charge in [0.15, 0.2) is 34.9 Å². The van der Waals surface area contributed by atoms with Crippen LogP contribution < -0.4 is 5.46 Å². The van der Waals surface area contributed by atoms with E-state index in [-0.39, 0.29) is 0 Å². The van der Waals surface area contributed by atoms with Crippen molar-refractivity contribution in [2.75, 3.05) is 0 Å².